The molecular formula is C17H24N2O4. The third kappa shape index (κ3) is 3.94. The summed E-state index contributed by atoms with van der Waals surface area (Å²) in [5.41, 5.74) is 0.507. The minimum atomic E-state index is -0.179. The summed E-state index contributed by atoms with van der Waals surface area (Å²) in [6.07, 6.45) is 0.490. The topological polar surface area (TPSA) is 67.9 Å². The van der Waals surface area contributed by atoms with E-state index in [9.17, 15) is 9.59 Å². The van der Waals surface area contributed by atoms with Crippen molar-refractivity contribution >= 4 is 11.8 Å². The van der Waals surface area contributed by atoms with Gasteiger partial charge in [-0.15, -0.1) is 0 Å². The Morgan fingerprint density at radius 1 is 1.30 bits per heavy atom. The smallest absolute Gasteiger partial charge is 0.251 e. The van der Waals surface area contributed by atoms with Gasteiger partial charge in [-0.05, 0) is 32.0 Å². The molecule has 1 N–H and O–H groups in total. The minimum Gasteiger partial charge on any atom is -0.493 e. The molecule has 1 fully saturated rings. The largest absolute Gasteiger partial charge is 0.493 e. The Hall–Kier alpha value is -2.24. The molecular weight excluding hydrogens is 296 g/mol. The maximum atomic E-state index is 12.3. The number of likely N-dealkylation sites (tertiary alicyclic amines) is 1. The molecule has 1 aromatic carbocycles. The van der Waals surface area contributed by atoms with E-state index in [1.165, 1.54) is 7.11 Å². The summed E-state index contributed by atoms with van der Waals surface area (Å²) >= 11 is 0. The number of benzene rings is 1. The average Bonchev–Trinajstić information content (AvgIpc) is 2.93. The molecule has 1 aromatic rings. The quantitative estimate of drug-likeness (QED) is 0.866. The van der Waals surface area contributed by atoms with E-state index in [1.807, 2.05) is 18.7 Å². The molecule has 0 saturated carbocycles. The lowest BCUT2D eigenvalue weighted by molar-refractivity contribution is -0.129. The molecule has 1 aliphatic rings. The highest BCUT2D eigenvalue weighted by Crippen LogP contribution is 2.27. The fourth-order valence-corrected chi connectivity index (χ4v) is 2.76. The summed E-state index contributed by atoms with van der Waals surface area (Å²) in [5.74, 6) is 1.24. The zero-order valence-corrected chi connectivity index (χ0v) is 14.1. The van der Waals surface area contributed by atoms with Gasteiger partial charge in [-0.2, -0.15) is 0 Å². The van der Waals surface area contributed by atoms with Crippen LogP contribution in [0.15, 0.2) is 18.2 Å². The summed E-state index contributed by atoms with van der Waals surface area (Å²) in [6.45, 7) is 5.19. The van der Waals surface area contributed by atoms with Crippen molar-refractivity contribution in [1.82, 2.24) is 10.2 Å². The molecule has 0 aromatic heterocycles. The zero-order chi connectivity index (χ0) is 17.0. The fourth-order valence-electron chi connectivity index (χ4n) is 2.76. The molecule has 0 spiro atoms. The second-order valence-corrected chi connectivity index (χ2v) is 5.99. The molecule has 1 atom stereocenters. The standard InChI is InChI=1S/C17H24N2O4/c1-11(2)19-10-12(7-16(19)20)9-18-17(21)13-5-6-14(22-3)15(8-13)23-4/h5-6,8,11-12H,7,9-10H2,1-4H3,(H,18,21). The summed E-state index contributed by atoms with van der Waals surface area (Å²) in [7, 11) is 3.08. The molecule has 0 bridgehead atoms. The van der Waals surface area contributed by atoms with Gasteiger partial charge >= 0.3 is 0 Å². The molecule has 6 nitrogen and oxygen atoms in total. The van der Waals surface area contributed by atoms with Crippen LogP contribution in [0.5, 0.6) is 11.5 Å². The van der Waals surface area contributed by atoms with Gasteiger partial charge in [0, 0.05) is 37.0 Å². The summed E-state index contributed by atoms with van der Waals surface area (Å²) in [6, 6.07) is 5.24. The van der Waals surface area contributed by atoms with Crippen LogP contribution in [-0.4, -0.2) is 50.1 Å². The maximum absolute atomic E-state index is 12.3. The number of ether oxygens (including phenoxy) is 2. The Morgan fingerprint density at radius 2 is 2.00 bits per heavy atom. The van der Waals surface area contributed by atoms with Crippen LogP contribution < -0.4 is 14.8 Å². The van der Waals surface area contributed by atoms with E-state index in [0.717, 1.165) is 0 Å². The van der Waals surface area contributed by atoms with Crippen molar-refractivity contribution in [2.24, 2.45) is 5.92 Å². The van der Waals surface area contributed by atoms with Crippen molar-refractivity contribution in [2.45, 2.75) is 26.3 Å². The minimum absolute atomic E-state index is 0.158. The zero-order valence-electron chi connectivity index (χ0n) is 14.1. The van der Waals surface area contributed by atoms with E-state index in [-0.39, 0.29) is 23.8 Å². The number of hydrogen-bond acceptors (Lipinski definition) is 4. The lowest BCUT2D eigenvalue weighted by Crippen LogP contribution is -2.34. The number of nitrogens with zero attached hydrogens (tertiary/aromatic N) is 1. The molecule has 2 amide bonds. The van der Waals surface area contributed by atoms with E-state index in [0.29, 0.717) is 36.6 Å². The van der Waals surface area contributed by atoms with Crippen LogP contribution in [0.25, 0.3) is 0 Å². The Bertz CT molecular complexity index is 586. The van der Waals surface area contributed by atoms with Crippen molar-refractivity contribution in [3.63, 3.8) is 0 Å². The number of carbonyl (C=O) groups excluding carboxylic acids is 2. The van der Waals surface area contributed by atoms with Gasteiger partial charge in [-0.25, -0.2) is 0 Å². The van der Waals surface area contributed by atoms with Crippen molar-refractivity contribution in [1.29, 1.82) is 0 Å². The highest BCUT2D eigenvalue weighted by atomic mass is 16.5. The number of methoxy groups -OCH3 is 2. The van der Waals surface area contributed by atoms with Crippen molar-refractivity contribution < 1.29 is 19.1 Å². The molecule has 6 heteroatoms. The van der Waals surface area contributed by atoms with Crippen LogP contribution in [0.4, 0.5) is 0 Å². The first kappa shape index (κ1) is 17.1. The monoisotopic (exact) mass is 320 g/mol. The number of carbonyl (C=O) groups is 2. The Morgan fingerprint density at radius 3 is 2.57 bits per heavy atom. The van der Waals surface area contributed by atoms with Crippen LogP contribution in [0.2, 0.25) is 0 Å². The highest BCUT2D eigenvalue weighted by Gasteiger charge is 2.31. The van der Waals surface area contributed by atoms with Crippen LogP contribution in [0, 0.1) is 5.92 Å². The molecule has 23 heavy (non-hydrogen) atoms. The molecule has 0 aliphatic carbocycles. The van der Waals surface area contributed by atoms with Crippen LogP contribution in [0.1, 0.15) is 30.6 Å². The molecule has 2 rings (SSSR count). The Kier molecular flexibility index (Phi) is 5.47. The van der Waals surface area contributed by atoms with E-state index in [1.54, 1.807) is 25.3 Å². The lowest BCUT2D eigenvalue weighted by atomic mass is 10.1. The maximum Gasteiger partial charge on any atom is 0.251 e. The number of rotatable bonds is 6. The second kappa shape index (κ2) is 7.35. The van der Waals surface area contributed by atoms with Gasteiger partial charge in [-0.3, -0.25) is 9.59 Å². The Balaban J connectivity index is 1.94. The average molecular weight is 320 g/mol. The van der Waals surface area contributed by atoms with Crippen molar-refractivity contribution in [3.8, 4) is 11.5 Å². The van der Waals surface area contributed by atoms with E-state index >= 15 is 0 Å². The summed E-state index contributed by atoms with van der Waals surface area (Å²) < 4.78 is 10.4. The van der Waals surface area contributed by atoms with E-state index < -0.39 is 0 Å². The van der Waals surface area contributed by atoms with Crippen LogP contribution in [-0.2, 0) is 4.79 Å². The van der Waals surface area contributed by atoms with Gasteiger partial charge in [0.1, 0.15) is 0 Å². The predicted octanol–water partition coefficient (Wildman–Crippen LogP) is 1.69. The first-order chi connectivity index (χ1) is 11.0. The van der Waals surface area contributed by atoms with Gasteiger partial charge in [0.15, 0.2) is 11.5 Å². The van der Waals surface area contributed by atoms with Crippen molar-refractivity contribution in [3.05, 3.63) is 23.8 Å². The van der Waals surface area contributed by atoms with Gasteiger partial charge in [0.25, 0.3) is 5.91 Å². The van der Waals surface area contributed by atoms with Crippen LogP contribution >= 0.6 is 0 Å². The number of nitrogens with one attached hydrogen (secondary N) is 1. The molecule has 1 unspecified atom stereocenters. The summed E-state index contributed by atoms with van der Waals surface area (Å²) in [5, 5.41) is 2.90. The molecule has 126 valence electrons. The van der Waals surface area contributed by atoms with Gasteiger partial charge in [-0.1, -0.05) is 0 Å². The molecule has 0 radical (unpaired) electrons. The Labute approximate surface area is 136 Å². The van der Waals surface area contributed by atoms with Gasteiger partial charge < -0.3 is 19.7 Å². The fraction of sp³-hybridized carbons (Fsp3) is 0.529. The molecule has 1 aliphatic heterocycles. The van der Waals surface area contributed by atoms with Gasteiger partial charge in [0.2, 0.25) is 5.91 Å². The van der Waals surface area contributed by atoms with E-state index in [4.69, 9.17) is 9.47 Å². The highest BCUT2D eigenvalue weighted by molar-refractivity contribution is 5.95. The second-order valence-electron chi connectivity index (χ2n) is 5.99. The summed E-state index contributed by atoms with van der Waals surface area (Å²) in [4.78, 5) is 26.0. The first-order valence-electron chi connectivity index (χ1n) is 7.76. The SMILES string of the molecule is COc1ccc(C(=O)NCC2CC(=O)N(C(C)C)C2)cc1OC. The van der Waals surface area contributed by atoms with E-state index in [2.05, 4.69) is 5.32 Å². The predicted molar refractivity (Wildman–Crippen MR) is 86.8 cm³/mol. The first-order valence-corrected chi connectivity index (χ1v) is 7.76. The molecule has 1 saturated heterocycles. The molecule has 1 heterocycles. The number of amides is 2. The number of hydrogen-bond donors (Lipinski definition) is 1. The normalized spacial score (nSPS) is 17.5. The van der Waals surface area contributed by atoms with Crippen molar-refractivity contribution in [2.75, 3.05) is 27.3 Å². The van der Waals surface area contributed by atoms with Gasteiger partial charge in [0.05, 0.1) is 14.2 Å². The van der Waals surface area contributed by atoms with Crippen LogP contribution in [0.3, 0.4) is 0 Å². The third-order valence-electron chi connectivity index (χ3n) is 4.06. The lowest BCUT2D eigenvalue weighted by Gasteiger charge is -2.21. The third-order valence-corrected chi connectivity index (χ3v) is 4.06.